The molecule has 3 atom stereocenters. The van der Waals surface area contributed by atoms with Gasteiger partial charge in [-0.1, -0.05) is 0 Å². The Morgan fingerprint density at radius 3 is 2.70 bits per heavy atom. The van der Waals surface area contributed by atoms with E-state index in [0.717, 1.165) is 0 Å². The summed E-state index contributed by atoms with van der Waals surface area (Å²) in [5.41, 5.74) is 1.96. The first kappa shape index (κ1) is 24.5. The van der Waals surface area contributed by atoms with Crippen molar-refractivity contribution in [3.05, 3.63) is 15.0 Å². The lowest BCUT2D eigenvalue weighted by Gasteiger charge is -2.36. The van der Waals surface area contributed by atoms with Crippen molar-refractivity contribution < 1.29 is 29.0 Å². The van der Waals surface area contributed by atoms with Crippen molar-refractivity contribution in [2.45, 2.75) is 64.3 Å². The van der Waals surface area contributed by atoms with Crippen LogP contribution < -0.4 is 10.7 Å². The third-order valence-corrected chi connectivity index (χ3v) is 5.69. The summed E-state index contributed by atoms with van der Waals surface area (Å²) in [6.07, 6.45) is -0.750. The summed E-state index contributed by atoms with van der Waals surface area (Å²) in [5.74, 6) is -1.58. The number of carbonyl (C=O) groups is 3. The highest BCUT2D eigenvalue weighted by Crippen LogP contribution is 2.28. The molecule has 10 nitrogen and oxygen atoms in total. The van der Waals surface area contributed by atoms with Gasteiger partial charge < -0.3 is 19.9 Å². The maximum Gasteiger partial charge on any atom is 0.408 e. The summed E-state index contributed by atoms with van der Waals surface area (Å²) >= 11 is 4.56. The van der Waals surface area contributed by atoms with E-state index in [2.05, 4.69) is 31.7 Å². The molecule has 1 aromatic heterocycles. The molecule has 1 aromatic rings. The van der Waals surface area contributed by atoms with Gasteiger partial charge in [0.2, 0.25) is 0 Å². The van der Waals surface area contributed by atoms with Crippen LogP contribution in [0.5, 0.6) is 0 Å². The summed E-state index contributed by atoms with van der Waals surface area (Å²) in [6, 6.07) is -2.05. The Kier molecular flexibility index (Phi) is 8.59. The number of nitrogens with one attached hydrogen (secondary N) is 2. The fourth-order valence-electron chi connectivity index (χ4n) is 2.88. The molecule has 0 bridgehead atoms. The molecule has 3 N–H and O–H groups in total. The van der Waals surface area contributed by atoms with Crippen LogP contribution in [-0.4, -0.2) is 63.9 Å². The van der Waals surface area contributed by atoms with Gasteiger partial charge in [-0.3, -0.25) is 14.6 Å². The first-order chi connectivity index (χ1) is 14.0. The second-order valence-electron chi connectivity index (χ2n) is 7.66. The number of aromatic nitrogens is 1. The number of rotatable bonds is 7. The maximum atomic E-state index is 13.3. The summed E-state index contributed by atoms with van der Waals surface area (Å²) < 4.78 is 11.7. The Hall–Kier alpha value is -1.76. The summed E-state index contributed by atoms with van der Waals surface area (Å²) in [4.78, 5) is 41.5. The number of thiazole rings is 1. The van der Waals surface area contributed by atoms with Gasteiger partial charge in [-0.05, 0) is 56.5 Å². The van der Waals surface area contributed by atoms with Crippen molar-refractivity contribution in [1.82, 2.24) is 20.7 Å². The Morgan fingerprint density at radius 1 is 1.47 bits per heavy atom. The van der Waals surface area contributed by atoms with Gasteiger partial charge in [-0.15, -0.1) is 11.3 Å². The number of amides is 2. The maximum absolute atomic E-state index is 13.3. The zero-order valence-corrected chi connectivity index (χ0v) is 19.7. The predicted molar refractivity (Wildman–Crippen MR) is 113 cm³/mol. The third-order valence-electron chi connectivity index (χ3n) is 4.07. The Bertz CT molecular complexity index is 768. The fourth-order valence-corrected chi connectivity index (χ4v) is 4.23. The highest BCUT2D eigenvalue weighted by atomic mass is 79.9. The minimum Gasteiger partial charge on any atom is -0.480 e. The summed E-state index contributed by atoms with van der Waals surface area (Å²) in [7, 11) is 0. The molecule has 2 unspecified atom stereocenters. The number of carboxylic acid groups (broad SMARTS) is 1. The zero-order valence-electron chi connectivity index (χ0n) is 17.3. The standard InChI is InChI=1S/C18H27BrN4O6S/c1-5-28-13(14-20-11(19)9-30-14)12(21-17(27)29-18(2,3)4)15(24)23-8-6-7-10(22-23)16(25)26/h9-10,12-13,22H,5-8H2,1-4H3,(H,21,27)(H,25,26)/t10-,12?,13?/m0/s1. The number of nitrogens with zero attached hydrogens (tertiary/aromatic N) is 2. The van der Waals surface area contributed by atoms with Crippen LogP contribution >= 0.6 is 27.3 Å². The minimum atomic E-state index is -1.17. The molecule has 1 aliphatic rings. The van der Waals surface area contributed by atoms with Gasteiger partial charge in [0, 0.05) is 18.5 Å². The molecule has 1 aliphatic heterocycles. The molecule has 30 heavy (non-hydrogen) atoms. The third kappa shape index (κ3) is 6.89. The number of hydrogen-bond acceptors (Lipinski definition) is 8. The van der Waals surface area contributed by atoms with Crippen LogP contribution in [0.25, 0.3) is 0 Å². The number of carboxylic acids is 1. The van der Waals surface area contributed by atoms with E-state index >= 15 is 0 Å². The van der Waals surface area contributed by atoms with Gasteiger partial charge in [0.25, 0.3) is 5.91 Å². The quantitative estimate of drug-likeness (QED) is 0.513. The zero-order chi connectivity index (χ0) is 22.5. The molecule has 0 aromatic carbocycles. The molecule has 1 saturated heterocycles. The molecule has 0 spiro atoms. The van der Waals surface area contributed by atoms with E-state index < -0.39 is 41.8 Å². The van der Waals surface area contributed by atoms with Crippen LogP contribution in [0.2, 0.25) is 0 Å². The van der Waals surface area contributed by atoms with Gasteiger partial charge in [0.15, 0.2) is 0 Å². The summed E-state index contributed by atoms with van der Waals surface area (Å²) in [6.45, 7) is 7.48. The topological polar surface area (TPSA) is 130 Å². The molecule has 2 rings (SSSR count). The van der Waals surface area contributed by atoms with Crippen molar-refractivity contribution in [1.29, 1.82) is 0 Å². The molecule has 2 heterocycles. The van der Waals surface area contributed by atoms with Crippen molar-refractivity contribution in [2.75, 3.05) is 13.2 Å². The Balaban J connectivity index is 2.32. The first-order valence-electron chi connectivity index (χ1n) is 9.54. The fraction of sp³-hybridized carbons (Fsp3) is 0.667. The molecular formula is C18H27BrN4O6S. The average molecular weight is 507 g/mol. The van der Waals surface area contributed by atoms with E-state index in [-0.39, 0.29) is 6.61 Å². The van der Waals surface area contributed by atoms with Gasteiger partial charge >= 0.3 is 12.1 Å². The molecule has 1 fully saturated rings. The van der Waals surface area contributed by atoms with E-state index in [1.165, 1.54) is 16.3 Å². The average Bonchev–Trinajstić information content (AvgIpc) is 3.08. The highest BCUT2D eigenvalue weighted by Gasteiger charge is 2.39. The molecule has 12 heteroatoms. The van der Waals surface area contributed by atoms with Crippen molar-refractivity contribution >= 4 is 45.2 Å². The van der Waals surface area contributed by atoms with Crippen LogP contribution in [-0.2, 0) is 19.1 Å². The number of halogens is 1. The number of carbonyl (C=O) groups excluding carboxylic acids is 2. The van der Waals surface area contributed by atoms with Gasteiger partial charge in [-0.2, -0.15) is 0 Å². The van der Waals surface area contributed by atoms with E-state index in [1.54, 1.807) is 33.1 Å². The normalized spacial score (nSPS) is 19.1. The van der Waals surface area contributed by atoms with Crippen molar-refractivity contribution in [3.8, 4) is 0 Å². The second kappa shape index (κ2) is 10.5. The van der Waals surface area contributed by atoms with Gasteiger partial charge in [-0.25, -0.2) is 15.2 Å². The SMILES string of the molecule is CCOC(c1nc(Br)cs1)C(NC(=O)OC(C)(C)C)C(=O)N1CCC[C@@H](C(=O)O)N1. The lowest BCUT2D eigenvalue weighted by atomic mass is 10.1. The lowest BCUT2D eigenvalue weighted by molar-refractivity contribution is -0.150. The molecule has 0 saturated carbocycles. The molecule has 0 aliphatic carbocycles. The van der Waals surface area contributed by atoms with E-state index in [1.807, 2.05) is 0 Å². The first-order valence-corrected chi connectivity index (χ1v) is 11.2. The second-order valence-corrected chi connectivity index (χ2v) is 9.36. The lowest BCUT2D eigenvalue weighted by Crippen LogP contribution is -2.61. The molecule has 168 valence electrons. The number of ether oxygens (including phenoxy) is 2. The largest absolute Gasteiger partial charge is 0.480 e. The Morgan fingerprint density at radius 2 is 2.17 bits per heavy atom. The number of alkyl carbamates (subject to hydrolysis) is 1. The van der Waals surface area contributed by atoms with Crippen molar-refractivity contribution in [3.63, 3.8) is 0 Å². The highest BCUT2D eigenvalue weighted by molar-refractivity contribution is 9.10. The van der Waals surface area contributed by atoms with Crippen LogP contribution in [0.1, 0.15) is 51.6 Å². The van der Waals surface area contributed by atoms with E-state index in [9.17, 15) is 19.5 Å². The van der Waals surface area contributed by atoms with Crippen LogP contribution in [0.3, 0.4) is 0 Å². The smallest absolute Gasteiger partial charge is 0.408 e. The number of aliphatic carboxylic acids is 1. The van der Waals surface area contributed by atoms with Gasteiger partial charge in [0.1, 0.15) is 33.4 Å². The van der Waals surface area contributed by atoms with Gasteiger partial charge in [0.05, 0.1) is 0 Å². The molecule has 2 amide bonds. The van der Waals surface area contributed by atoms with Crippen LogP contribution in [0.15, 0.2) is 9.98 Å². The van der Waals surface area contributed by atoms with E-state index in [0.29, 0.717) is 29.0 Å². The molecular weight excluding hydrogens is 480 g/mol. The minimum absolute atomic E-state index is 0.271. The number of hydrogen-bond donors (Lipinski definition) is 3. The molecule has 0 radical (unpaired) electrons. The monoisotopic (exact) mass is 506 g/mol. The number of hydrazine groups is 1. The van der Waals surface area contributed by atoms with Crippen LogP contribution in [0, 0.1) is 0 Å². The van der Waals surface area contributed by atoms with E-state index in [4.69, 9.17) is 9.47 Å². The predicted octanol–water partition coefficient (Wildman–Crippen LogP) is 2.46. The van der Waals surface area contributed by atoms with Crippen LogP contribution in [0.4, 0.5) is 4.79 Å². The summed E-state index contributed by atoms with van der Waals surface area (Å²) in [5, 5.41) is 15.3. The van der Waals surface area contributed by atoms with Crippen molar-refractivity contribution in [2.24, 2.45) is 0 Å². The Labute approximate surface area is 187 Å².